The zero-order valence-electron chi connectivity index (χ0n) is 11.7. The highest BCUT2D eigenvalue weighted by Gasteiger charge is 2.13. The van der Waals surface area contributed by atoms with Crippen LogP contribution in [0.15, 0.2) is 35.7 Å². The van der Waals surface area contributed by atoms with Crippen LogP contribution in [0.3, 0.4) is 0 Å². The van der Waals surface area contributed by atoms with Crippen LogP contribution < -0.4 is 5.73 Å². The highest BCUT2D eigenvalue weighted by Crippen LogP contribution is 2.18. The largest absolute Gasteiger partial charge is 0.508 e. The van der Waals surface area contributed by atoms with Crippen molar-refractivity contribution in [1.29, 1.82) is 0 Å². The van der Waals surface area contributed by atoms with Crippen molar-refractivity contribution in [1.82, 2.24) is 4.90 Å². The third-order valence-corrected chi connectivity index (χ3v) is 3.74. The van der Waals surface area contributed by atoms with Crippen LogP contribution in [0, 0.1) is 11.8 Å². The highest BCUT2D eigenvalue weighted by molar-refractivity contribution is 7.10. The van der Waals surface area contributed by atoms with Gasteiger partial charge in [-0.3, -0.25) is 4.79 Å². The molecule has 0 spiro atoms. The summed E-state index contributed by atoms with van der Waals surface area (Å²) in [6.07, 6.45) is 0. The molecule has 1 amide bonds. The number of carbonyl (C=O) groups excluding carboxylic acids is 1. The van der Waals surface area contributed by atoms with E-state index in [2.05, 4.69) is 11.8 Å². The number of aromatic hydroxyl groups is 1. The standard InChI is InChI=1S/C16H16N2O2S/c1-18(16(20)13-5-2-6-14(19)9-13)10-15-8-12(11-21-15)4-3-7-17/h2,5-6,8-9,11,19H,7,10,17H2,1H3. The lowest BCUT2D eigenvalue weighted by Gasteiger charge is -2.16. The molecule has 108 valence electrons. The topological polar surface area (TPSA) is 66.6 Å². The van der Waals surface area contributed by atoms with Gasteiger partial charge in [-0.1, -0.05) is 17.9 Å². The fraction of sp³-hybridized carbons (Fsp3) is 0.188. The Bertz CT molecular complexity index is 698. The number of nitrogens with two attached hydrogens (primary N) is 1. The maximum Gasteiger partial charge on any atom is 0.254 e. The molecule has 1 aromatic heterocycles. The molecule has 0 radical (unpaired) electrons. The van der Waals surface area contributed by atoms with Gasteiger partial charge in [0.1, 0.15) is 5.75 Å². The Morgan fingerprint density at radius 3 is 2.95 bits per heavy atom. The van der Waals surface area contributed by atoms with E-state index in [1.54, 1.807) is 41.5 Å². The summed E-state index contributed by atoms with van der Waals surface area (Å²) in [5, 5.41) is 11.4. The van der Waals surface area contributed by atoms with Gasteiger partial charge in [-0.15, -0.1) is 11.3 Å². The number of hydrogen-bond acceptors (Lipinski definition) is 4. The molecule has 0 saturated carbocycles. The van der Waals surface area contributed by atoms with E-state index in [0.717, 1.165) is 10.4 Å². The first-order valence-corrected chi connectivity index (χ1v) is 7.29. The second-order valence-electron chi connectivity index (χ2n) is 4.52. The summed E-state index contributed by atoms with van der Waals surface area (Å²) in [6.45, 7) is 0.838. The molecule has 3 N–H and O–H groups in total. The first-order valence-electron chi connectivity index (χ1n) is 6.41. The van der Waals surface area contributed by atoms with Gasteiger partial charge < -0.3 is 15.7 Å². The van der Waals surface area contributed by atoms with E-state index < -0.39 is 0 Å². The second-order valence-corrected chi connectivity index (χ2v) is 5.51. The van der Waals surface area contributed by atoms with E-state index in [1.807, 2.05) is 11.4 Å². The van der Waals surface area contributed by atoms with E-state index in [-0.39, 0.29) is 11.7 Å². The number of benzene rings is 1. The average Bonchev–Trinajstić information content (AvgIpc) is 2.91. The summed E-state index contributed by atoms with van der Waals surface area (Å²) in [7, 11) is 1.73. The van der Waals surface area contributed by atoms with Crippen LogP contribution in [0.4, 0.5) is 0 Å². The minimum atomic E-state index is -0.131. The van der Waals surface area contributed by atoms with Crippen molar-refractivity contribution in [3.8, 4) is 17.6 Å². The molecule has 1 heterocycles. The molecule has 0 unspecified atom stereocenters. The molecule has 2 aromatic rings. The third-order valence-electron chi connectivity index (χ3n) is 2.82. The van der Waals surface area contributed by atoms with Crippen LogP contribution in [0.5, 0.6) is 5.75 Å². The van der Waals surface area contributed by atoms with Crippen LogP contribution in [-0.2, 0) is 6.54 Å². The summed E-state index contributed by atoms with van der Waals surface area (Å²) in [5.41, 5.74) is 6.72. The number of amides is 1. The van der Waals surface area contributed by atoms with Crippen molar-refractivity contribution in [3.63, 3.8) is 0 Å². The highest BCUT2D eigenvalue weighted by atomic mass is 32.1. The molecule has 0 bridgehead atoms. The minimum absolute atomic E-state index is 0.0877. The Labute approximate surface area is 127 Å². The lowest BCUT2D eigenvalue weighted by molar-refractivity contribution is 0.0786. The fourth-order valence-corrected chi connectivity index (χ4v) is 2.72. The van der Waals surface area contributed by atoms with Gasteiger partial charge in [-0.05, 0) is 24.3 Å². The molecule has 0 aliphatic carbocycles. The lowest BCUT2D eigenvalue weighted by atomic mass is 10.2. The quantitative estimate of drug-likeness (QED) is 0.852. The van der Waals surface area contributed by atoms with Gasteiger partial charge in [0, 0.05) is 28.4 Å². The van der Waals surface area contributed by atoms with Crippen molar-refractivity contribution in [3.05, 3.63) is 51.7 Å². The average molecular weight is 300 g/mol. The maximum atomic E-state index is 12.3. The molecule has 0 atom stereocenters. The van der Waals surface area contributed by atoms with Crippen LogP contribution in [0.25, 0.3) is 0 Å². The molecule has 0 aliphatic rings. The number of carbonyl (C=O) groups is 1. The molecule has 4 nitrogen and oxygen atoms in total. The number of phenols is 1. The minimum Gasteiger partial charge on any atom is -0.508 e. The summed E-state index contributed by atoms with van der Waals surface area (Å²) in [4.78, 5) is 14.9. The smallest absolute Gasteiger partial charge is 0.254 e. The van der Waals surface area contributed by atoms with Gasteiger partial charge >= 0.3 is 0 Å². The van der Waals surface area contributed by atoms with Crippen molar-refractivity contribution < 1.29 is 9.90 Å². The van der Waals surface area contributed by atoms with E-state index in [1.165, 1.54) is 6.07 Å². The molecule has 5 heteroatoms. The SMILES string of the molecule is CN(Cc1cc(C#CCN)cs1)C(=O)c1cccc(O)c1. The maximum absolute atomic E-state index is 12.3. The van der Waals surface area contributed by atoms with Crippen molar-refractivity contribution in [2.24, 2.45) is 5.73 Å². The lowest BCUT2D eigenvalue weighted by Crippen LogP contribution is -2.25. The van der Waals surface area contributed by atoms with Gasteiger partial charge in [-0.2, -0.15) is 0 Å². The predicted molar refractivity (Wildman–Crippen MR) is 84.2 cm³/mol. The molecule has 0 aliphatic heterocycles. The Balaban J connectivity index is 2.05. The van der Waals surface area contributed by atoms with Crippen LogP contribution in [0.2, 0.25) is 0 Å². The number of thiophene rings is 1. The van der Waals surface area contributed by atoms with Crippen molar-refractivity contribution in [2.45, 2.75) is 6.54 Å². The number of nitrogens with zero attached hydrogens (tertiary/aromatic N) is 1. The van der Waals surface area contributed by atoms with Gasteiger partial charge in [0.25, 0.3) is 5.91 Å². The fourth-order valence-electron chi connectivity index (χ4n) is 1.85. The third kappa shape index (κ3) is 4.09. The molecule has 21 heavy (non-hydrogen) atoms. The summed E-state index contributed by atoms with van der Waals surface area (Å²) in [6, 6.07) is 8.30. The molecular formula is C16H16N2O2S. The molecular weight excluding hydrogens is 284 g/mol. The zero-order valence-corrected chi connectivity index (χ0v) is 12.5. The van der Waals surface area contributed by atoms with E-state index in [4.69, 9.17) is 5.73 Å². The van der Waals surface area contributed by atoms with Crippen LogP contribution >= 0.6 is 11.3 Å². The summed E-state index contributed by atoms with van der Waals surface area (Å²) in [5.74, 6) is 5.72. The number of phenolic OH excluding ortho intramolecular Hbond substituents is 1. The molecule has 0 fully saturated rings. The van der Waals surface area contributed by atoms with Crippen molar-refractivity contribution in [2.75, 3.05) is 13.6 Å². The summed E-state index contributed by atoms with van der Waals surface area (Å²) >= 11 is 1.56. The van der Waals surface area contributed by atoms with Crippen LogP contribution in [-0.4, -0.2) is 29.5 Å². The molecule has 1 aromatic carbocycles. The molecule has 2 rings (SSSR count). The predicted octanol–water partition coefficient (Wildman–Crippen LogP) is 2.04. The first kappa shape index (κ1) is 15.1. The van der Waals surface area contributed by atoms with E-state index in [0.29, 0.717) is 18.7 Å². The first-order chi connectivity index (χ1) is 10.1. The van der Waals surface area contributed by atoms with E-state index in [9.17, 15) is 9.90 Å². The summed E-state index contributed by atoms with van der Waals surface area (Å²) < 4.78 is 0. The second kappa shape index (κ2) is 6.93. The van der Waals surface area contributed by atoms with E-state index >= 15 is 0 Å². The van der Waals surface area contributed by atoms with Gasteiger partial charge in [0.05, 0.1) is 13.1 Å². The zero-order chi connectivity index (χ0) is 15.2. The van der Waals surface area contributed by atoms with Gasteiger partial charge in [0.2, 0.25) is 0 Å². The number of rotatable bonds is 3. The Hall–Kier alpha value is -2.29. The Morgan fingerprint density at radius 2 is 2.24 bits per heavy atom. The van der Waals surface area contributed by atoms with Gasteiger partial charge in [-0.25, -0.2) is 0 Å². The molecule has 0 saturated heterocycles. The van der Waals surface area contributed by atoms with Crippen LogP contribution in [0.1, 0.15) is 20.8 Å². The Morgan fingerprint density at radius 1 is 1.43 bits per heavy atom. The number of hydrogen-bond donors (Lipinski definition) is 2. The normalized spacial score (nSPS) is 9.81. The Kier molecular flexibility index (Phi) is 4.99. The van der Waals surface area contributed by atoms with Crippen molar-refractivity contribution >= 4 is 17.2 Å². The monoisotopic (exact) mass is 300 g/mol. The van der Waals surface area contributed by atoms with Gasteiger partial charge in [0.15, 0.2) is 0 Å².